The number of hydrogen-bond donors (Lipinski definition) is 1. The fraction of sp³-hybridized carbons (Fsp3) is 0.300. The van der Waals surface area contributed by atoms with Gasteiger partial charge in [0.05, 0.1) is 36.1 Å². The lowest BCUT2D eigenvalue weighted by atomic mass is 10.1. The Balaban J connectivity index is 1.98. The van der Waals surface area contributed by atoms with E-state index in [-0.39, 0.29) is 11.5 Å². The monoisotopic (exact) mass is 468 g/mol. The molecule has 1 N–H and O–H groups in total. The Morgan fingerprint density at radius 2 is 1.70 bits per heavy atom. The van der Waals surface area contributed by atoms with Gasteiger partial charge in [-0.05, 0) is 56.2 Å². The van der Waals surface area contributed by atoms with E-state index in [1.807, 2.05) is 6.92 Å². The number of sulfonamides is 1. The third-order valence-corrected chi connectivity index (χ3v) is 7.10. The second kappa shape index (κ2) is 9.78. The highest BCUT2D eigenvalue weighted by Crippen LogP contribution is 2.33. The molecule has 3 aromatic rings. The van der Waals surface area contributed by atoms with E-state index in [1.165, 1.54) is 28.6 Å². The summed E-state index contributed by atoms with van der Waals surface area (Å²) in [4.78, 5) is 1.67. The molecule has 0 aliphatic carbocycles. The Morgan fingerprint density at radius 3 is 2.33 bits per heavy atom. The van der Waals surface area contributed by atoms with Crippen molar-refractivity contribution in [1.82, 2.24) is 15.0 Å². The number of aromatic nitrogens is 3. The Kier molecular flexibility index (Phi) is 7.36. The van der Waals surface area contributed by atoms with Crippen LogP contribution >= 0.6 is 23.2 Å². The van der Waals surface area contributed by atoms with E-state index in [1.54, 1.807) is 35.4 Å². The van der Waals surface area contributed by atoms with Crippen LogP contribution in [0.3, 0.4) is 0 Å². The highest BCUT2D eigenvalue weighted by molar-refractivity contribution is 7.92. The topological polar surface area (TPSA) is 88.3 Å². The van der Waals surface area contributed by atoms with Crippen molar-refractivity contribution in [2.45, 2.75) is 43.9 Å². The van der Waals surface area contributed by atoms with Gasteiger partial charge in [-0.2, -0.15) is 15.0 Å². The number of aryl methyl sites for hydroxylation is 1. The highest BCUT2D eigenvalue weighted by atomic mass is 35.5. The van der Waals surface area contributed by atoms with Crippen LogP contribution in [0.15, 0.2) is 59.8 Å². The van der Waals surface area contributed by atoms with Gasteiger partial charge in [0.25, 0.3) is 10.0 Å². The largest absolute Gasteiger partial charge is 0.392 e. The van der Waals surface area contributed by atoms with Crippen LogP contribution < -0.4 is 4.31 Å². The van der Waals surface area contributed by atoms with Crippen LogP contribution in [0.4, 0.5) is 5.69 Å². The summed E-state index contributed by atoms with van der Waals surface area (Å²) in [6, 6.07) is 10.4. The summed E-state index contributed by atoms with van der Waals surface area (Å²) < 4.78 is 28.5. The second-order valence-corrected chi connectivity index (χ2v) is 9.49. The van der Waals surface area contributed by atoms with Crippen LogP contribution in [0, 0.1) is 0 Å². The minimum Gasteiger partial charge on any atom is -0.392 e. The van der Waals surface area contributed by atoms with Crippen LogP contribution in [-0.2, 0) is 23.2 Å². The average molecular weight is 469 g/mol. The van der Waals surface area contributed by atoms with Gasteiger partial charge in [-0.15, -0.1) is 0 Å². The third kappa shape index (κ3) is 5.13. The number of aliphatic hydroxyl groups excluding tert-OH is 1. The van der Waals surface area contributed by atoms with Crippen LogP contribution in [-0.4, -0.2) is 34.6 Å². The molecule has 160 valence electrons. The minimum absolute atomic E-state index is 0.108. The third-order valence-electron chi connectivity index (χ3n) is 4.67. The van der Waals surface area contributed by atoms with Crippen molar-refractivity contribution in [3.63, 3.8) is 0 Å². The van der Waals surface area contributed by atoms with Crippen LogP contribution in [0.2, 0.25) is 10.0 Å². The predicted molar refractivity (Wildman–Crippen MR) is 117 cm³/mol. The van der Waals surface area contributed by atoms with Gasteiger partial charge in [0.15, 0.2) is 0 Å². The van der Waals surface area contributed by atoms with Gasteiger partial charge in [0, 0.05) is 21.7 Å². The maximum Gasteiger partial charge on any atom is 0.264 e. The summed E-state index contributed by atoms with van der Waals surface area (Å²) in [5, 5.41) is 18.8. The number of aliphatic hydroxyl groups is 1. The summed E-state index contributed by atoms with van der Waals surface area (Å²) in [7, 11) is -3.94. The van der Waals surface area contributed by atoms with Gasteiger partial charge in [-0.1, -0.05) is 29.3 Å². The zero-order valence-corrected chi connectivity index (χ0v) is 18.6. The Hall–Kier alpha value is -2.13. The molecule has 2 aromatic carbocycles. The van der Waals surface area contributed by atoms with E-state index < -0.39 is 16.1 Å². The smallest absolute Gasteiger partial charge is 0.264 e. The molecule has 0 radical (unpaired) electrons. The fourth-order valence-electron chi connectivity index (χ4n) is 3.20. The Morgan fingerprint density at radius 1 is 1.07 bits per heavy atom. The number of hydrogen-bond acceptors (Lipinski definition) is 5. The molecule has 1 heterocycles. The van der Waals surface area contributed by atoms with E-state index in [2.05, 4.69) is 10.2 Å². The molecule has 3 rings (SSSR count). The maximum atomic E-state index is 13.6. The van der Waals surface area contributed by atoms with Crippen molar-refractivity contribution in [2.75, 3.05) is 4.31 Å². The normalized spacial score (nSPS) is 12.7. The lowest BCUT2D eigenvalue weighted by Crippen LogP contribution is -2.39. The molecule has 0 saturated heterocycles. The molecule has 0 aliphatic rings. The summed E-state index contributed by atoms with van der Waals surface area (Å²) in [5.41, 5.74) is 0.821. The quantitative estimate of drug-likeness (QED) is 0.509. The van der Waals surface area contributed by atoms with Crippen LogP contribution in [0.25, 0.3) is 0 Å². The first-order valence-electron chi connectivity index (χ1n) is 9.36. The predicted octanol–water partition coefficient (Wildman–Crippen LogP) is 4.14. The Bertz CT molecular complexity index is 1070. The van der Waals surface area contributed by atoms with E-state index in [0.717, 1.165) is 0 Å². The maximum absolute atomic E-state index is 13.6. The van der Waals surface area contributed by atoms with Crippen molar-refractivity contribution in [2.24, 2.45) is 0 Å². The van der Waals surface area contributed by atoms with Gasteiger partial charge in [0.1, 0.15) is 0 Å². The molecule has 0 bridgehead atoms. The molecule has 10 heteroatoms. The van der Waals surface area contributed by atoms with E-state index in [4.69, 9.17) is 23.2 Å². The summed E-state index contributed by atoms with van der Waals surface area (Å²) in [6.45, 7) is 2.07. The van der Waals surface area contributed by atoms with Gasteiger partial charge >= 0.3 is 0 Å². The molecule has 0 fully saturated rings. The van der Waals surface area contributed by atoms with Crippen LogP contribution in [0.1, 0.15) is 25.3 Å². The first-order chi connectivity index (χ1) is 14.3. The lowest BCUT2D eigenvalue weighted by Gasteiger charge is -2.32. The zero-order valence-electron chi connectivity index (χ0n) is 16.3. The number of benzene rings is 2. The van der Waals surface area contributed by atoms with E-state index in [0.29, 0.717) is 40.7 Å². The number of anilines is 1. The van der Waals surface area contributed by atoms with Gasteiger partial charge in [-0.3, -0.25) is 4.31 Å². The number of nitrogens with zero attached hydrogens (tertiary/aromatic N) is 4. The summed E-state index contributed by atoms with van der Waals surface area (Å²) in [5.74, 6) is 0. The minimum atomic E-state index is -3.94. The van der Waals surface area contributed by atoms with Gasteiger partial charge in [-0.25, -0.2) is 8.42 Å². The molecule has 0 saturated carbocycles. The number of halogens is 2. The van der Waals surface area contributed by atoms with Gasteiger partial charge < -0.3 is 5.11 Å². The van der Waals surface area contributed by atoms with Crippen molar-refractivity contribution < 1.29 is 13.5 Å². The fourth-order valence-corrected chi connectivity index (χ4v) is 5.21. The molecular weight excluding hydrogens is 447 g/mol. The number of rotatable bonds is 9. The Labute approximate surface area is 185 Å². The first-order valence-corrected chi connectivity index (χ1v) is 11.6. The molecular formula is C20H22Cl2N4O3S. The lowest BCUT2D eigenvalue weighted by molar-refractivity contribution is 0.282. The molecule has 0 aliphatic heterocycles. The van der Waals surface area contributed by atoms with Crippen molar-refractivity contribution in [3.8, 4) is 0 Å². The molecule has 1 aromatic heterocycles. The zero-order chi connectivity index (χ0) is 21.7. The average Bonchev–Trinajstić information content (AvgIpc) is 3.22. The standard InChI is InChI=1S/C20H22Cl2N4O3S/c1-15(3-2-12-25-23-10-11-24-25)26(20-13-18(22)5-4-16(20)14-27)30(28,29)19-8-6-17(21)7-9-19/h4-11,13,15,27H,2-3,12,14H2,1H3/t15-/m1/s1. The van der Waals surface area contributed by atoms with Crippen molar-refractivity contribution in [3.05, 3.63) is 70.5 Å². The molecule has 0 spiro atoms. The van der Waals surface area contributed by atoms with Gasteiger partial charge in [0.2, 0.25) is 0 Å². The van der Waals surface area contributed by atoms with E-state index >= 15 is 0 Å². The van der Waals surface area contributed by atoms with Crippen molar-refractivity contribution in [1.29, 1.82) is 0 Å². The first kappa shape index (κ1) is 22.6. The molecule has 1 atom stereocenters. The molecule has 0 amide bonds. The molecule has 30 heavy (non-hydrogen) atoms. The van der Waals surface area contributed by atoms with E-state index in [9.17, 15) is 13.5 Å². The SMILES string of the molecule is C[C@H](CCCn1nccn1)N(c1cc(Cl)ccc1CO)S(=O)(=O)c1ccc(Cl)cc1. The van der Waals surface area contributed by atoms with Crippen LogP contribution in [0.5, 0.6) is 0 Å². The molecule has 7 nitrogen and oxygen atoms in total. The highest BCUT2D eigenvalue weighted by Gasteiger charge is 2.31. The summed E-state index contributed by atoms with van der Waals surface area (Å²) in [6.07, 6.45) is 4.41. The summed E-state index contributed by atoms with van der Waals surface area (Å²) >= 11 is 12.1. The van der Waals surface area contributed by atoms with Crippen molar-refractivity contribution >= 4 is 38.9 Å². The second-order valence-electron chi connectivity index (χ2n) is 6.80. The molecule has 0 unspecified atom stereocenters.